The van der Waals surface area contributed by atoms with Crippen LogP contribution >= 0.6 is 0 Å². The minimum Gasteiger partial charge on any atom is -0.467 e. The van der Waals surface area contributed by atoms with E-state index in [1.54, 1.807) is 12.2 Å². The Morgan fingerprint density at radius 3 is 3.06 bits per heavy atom. The van der Waals surface area contributed by atoms with Crippen LogP contribution in [-0.4, -0.2) is 26.0 Å². The molecule has 0 bridgehead atoms. The van der Waals surface area contributed by atoms with Crippen molar-refractivity contribution in [2.75, 3.05) is 26.7 Å². The minimum atomic E-state index is 0.292. The van der Waals surface area contributed by atoms with Gasteiger partial charge in [-0.3, -0.25) is 0 Å². The van der Waals surface area contributed by atoms with Crippen LogP contribution in [0.1, 0.15) is 11.1 Å². The highest BCUT2D eigenvalue weighted by atomic mass is 16.7. The lowest BCUT2D eigenvalue weighted by Crippen LogP contribution is -2.19. The van der Waals surface area contributed by atoms with Gasteiger partial charge in [0.15, 0.2) is 6.79 Å². The molecule has 0 saturated carbocycles. The number of nitrogens with two attached hydrogens (primary N) is 1. The van der Waals surface area contributed by atoms with E-state index in [-0.39, 0.29) is 0 Å². The molecule has 0 radical (unpaired) electrons. The van der Waals surface area contributed by atoms with E-state index in [1.807, 2.05) is 19.2 Å². The quantitative estimate of drug-likeness (QED) is 0.616. The molecule has 16 heavy (non-hydrogen) atoms. The summed E-state index contributed by atoms with van der Waals surface area (Å²) in [5, 5.41) is 1.72. The van der Waals surface area contributed by atoms with E-state index in [4.69, 9.17) is 20.0 Å². The van der Waals surface area contributed by atoms with Gasteiger partial charge in [-0.05, 0) is 12.1 Å². The molecule has 88 valence electrons. The van der Waals surface area contributed by atoms with E-state index in [2.05, 4.69) is 0 Å². The fourth-order valence-corrected chi connectivity index (χ4v) is 1.75. The number of benzene rings is 1. The molecule has 1 aliphatic rings. The first-order valence-electron chi connectivity index (χ1n) is 5.07. The molecule has 0 aromatic heterocycles. The number of fused-ring (bicyclic) bond motifs is 1. The second-order valence-corrected chi connectivity index (χ2v) is 3.75. The number of rotatable bonds is 3. The fraction of sp³-hybridized carbons (Fsp3) is 0.455. The molecule has 0 atom stereocenters. The van der Waals surface area contributed by atoms with Crippen molar-refractivity contribution < 1.29 is 14.3 Å². The predicted molar refractivity (Wildman–Crippen MR) is 59.6 cm³/mol. The van der Waals surface area contributed by atoms with Crippen molar-refractivity contribution >= 4 is 5.69 Å². The zero-order valence-electron chi connectivity index (χ0n) is 9.53. The average Bonchev–Trinajstić information content (AvgIpc) is 2.28. The minimum absolute atomic E-state index is 0.292. The molecule has 0 saturated heterocycles. The van der Waals surface area contributed by atoms with Crippen LogP contribution in [0.2, 0.25) is 0 Å². The van der Waals surface area contributed by atoms with Gasteiger partial charge in [-0.25, -0.2) is 0 Å². The second kappa shape index (κ2) is 4.69. The molecule has 0 aliphatic carbocycles. The van der Waals surface area contributed by atoms with Crippen molar-refractivity contribution in [3.05, 3.63) is 23.3 Å². The molecule has 1 aromatic carbocycles. The Morgan fingerprint density at radius 2 is 2.31 bits per heavy atom. The van der Waals surface area contributed by atoms with Gasteiger partial charge in [0.25, 0.3) is 0 Å². The van der Waals surface area contributed by atoms with Gasteiger partial charge in [0.05, 0.1) is 20.3 Å². The highest BCUT2D eigenvalue weighted by Crippen LogP contribution is 2.31. The van der Waals surface area contributed by atoms with Crippen LogP contribution in [0.3, 0.4) is 0 Å². The van der Waals surface area contributed by atoms with Crippen molar-refractivity contribution in [3.63, 3.8) is 0 Å². The lowest BCUT2D eigenvalue weighted by molar-refractivity contribution is -0.117. The second-order valence-electron chi connectivity index (χ2n) is 3.75. The molecule has 1 aromatic rings. The normalized spacial score (nSPS) is 14.7. The van der Waals surface area contributed by atoms with Crippen molar-refractivity contribution in [2.45, 2.75) is 13.2 Å². The zero-order chi connectivity index (χ0) is 11.5. The van der Waals surface area contributed by atoms with E-state index in [1.165, 1.54) is 0 Å². The smallest absolute Gasteiger partial charge is 0.189 e. The first-order chi connectivity index (χ1) is 7.70. The maximum atomic E-state index is 5.83. The summed E-state index contributed by atoms with van der Waals surface area (Å²) in [5.74, 6) is 0.865. The third-order valence-corrected chi connectivity index (χ3v) is 2.51. The zero-order valence-corrected chi connectivity index (χ0v) is 9.53. The number of hydrogen-bond donors (Lipinski definition) is 1. The van der Waals surface area contributed by atoms with Gasteiger partial charge in [0.1, 0.15) is 5.75 Å². The van der Waals surface area contributed by atoms with Crippen molar-refractivity contribution in [1.82, 2.24) is 5.06 Å². The third-order valence-electron chi connectivity index (χ3n) is 2.51. The van der Waals surface area contributed by atoms with Crippen LogP contribution < -0.4 is 10.5 Å². The lowest BCUT2D eigenvalue weighted by Gasteiger charge is -2.23. The third kappa shape index (κ3) is 2.27. The van der Waals surface area contributed by atoms with Gasteiger partial charge in [-0.1, -0.05) is 0 Å². The topological polar surface area (TPSA) is 57.0 Å². The SMILES string of the molecule is CON(C)Cc1cc(N)cc2c1OCOC2. The van der Waals surface area contributed by atoms with E-state index >= 15 is 0 Å². The number of hydrogen-bond acceptors (Lipinski definition) is 5. The first-order valence-corrected chi connectivity index (χ1v) is 5.07. The molecule has 0 fully saturated rings. The van der Waals surface area contributed by atoms with Gasteiger partial charge < -0.3 is 20.0 Å². The highest BCUT2D eigenvalue weighted by molar-refractivity contribution is 5.53. The molecule has 2 N–H and O–H groups in total. The Labute approximate surface area is 94.6 Å². The van der Waals surface area contributed by atoms with E-state index < -0.39 is 0 Å². The first kappa shape index (κ1) is 11.2. The van der Waals surface area contributed by atoms with E-state index in [0.29, 0.717) is 25.6 Å². The van der Waals surface area contributed by atoms with Crippen LogP contribution in [0.25, 0.3) is 0 Å². The molecular weight excluding hydrogens is 208 g/mol. The molecule has 5 nitrogen and oxygen atoms in total. The molecular formula is C11H16N2O3. The molecule has 0 spiro atoms. The van der Waals surface area contributed by atoms with Crippen LogP contribution in [-0.2, 0) is 22.7 Å². The summed E-state index contributed by atoms with van der Waals surface area (Å²) in [6, 6.07) is 3.78. The Kier molecular flexibility index (Phi) is 3.28. The molecule has 1 aliphatic heterocycles. The number of hydroxylamine groups is 2. The van der Waals surface area contributed by atoms with Gasteiger partial charge in [0, 0.05) is 23.9 Å². The van der Waals surface area contributed by atoms with Crippen LogP contribution in [0.5, 0.6) is 5.75 Å². The summed E-state index contributed by atoms with van der Waals surface area (Å²) >= 11 is 0. The monoisotopic (exact) mass is 224 g/mol. The van der Waals surface area contributed by atoms with Gasteiger partial charge in [0.2, 0.25) is 0 Å². The summed E-state index contributed by atoms with van der Waals surface area (Å²) in [6.07, 6.45) is 0. The number of anilines is 1. The van der Waals surface area contributed by atoms with E-state index in [0.717, 1.165) is 16.9 Å². The Balaban J connectivity index is 2.31. The summed E-state index contributed by atoms with van der Waals surface area (Å²) in [5.41, 5.74) is 8.55. The van der Waals surface area contributed by atoms with Crippen LogP contribution in [0, 0.1) is 0 Å². The predicted octanol–water partition coefficient (Wildman–Crippen LogP) is 1.13. The Hall–Kier alpha value is -1.30. The summed E-state index contributed by atoms with van der Waals surface area (Å²) in [6.45, 7) is 1.47. The number of nitrogens with zero attached hydrogens (tertiary/aromatic N) is 1. The maximum absolute atomic E-state index is 5.83. The Morgan fingerprint density at radius 1 is 1.50 bits per heavy atom. The molecule has 2 rings (SSSR count). The summed E-state index contributed by atoms with van der Waals surface area (Å²) in [7, 11) is 3.48. The molecule has 5 heteroatoms. The molecule has 0 amide bonds. The number of nitrogen functional groups attached to an aromatic ring is 1. The average molecular weight is 224 g/mol. The Bertz CT molecular complexity index is 382. The van der Waals surface area contributed by atoms with Crippen molar-refractivity contribution in [2.24, 2.45) is 0 Å². The highest BCUT2D eigenvalue weighted by Gasteiger charge is 2.16. The van der Waals surface area contributed by atoms with Gasteiger partial charge in [-0.2, -0.15) is 5.06 Å². The van der Waals surface area contributed by atoms with Gasteiger partial charge >= 0.3 is 0 Å². The van der Waals surface area contributed by atoms with Crippen LogP contribution in [0.15, 0.2) is 12.1 Å². The molecule has 0 unspecified atom stereocenters. The van der Waals surface area contributed by atoms with E-state index in [9.17, 15) is 0 Å². The van der Waals surface area contributed by atoms with Crippen molar-refractivity contribution in [1.29, 1.82) is 0 Å². The van der Waals surface area contributed by atoms with Crippen LogP contribution in [0.4, 0.5) is 5.69 Å². The molecule has 1 heterocycles. The van der Waals surface area contributed by atoms with Crippen molar-refractivity contribution in [3.8, 4) is 5.75 Å². The standard InChI is InChI=1S/C11H16N2O3/c1-13(14-2)5-8-3-10(12)4-9-6-15-7-16-11(8)9/h3-4H,5-7,12H2,1-2H3. The van der Waals surface area contributed by atoms with Gasteiger partial charge in [-0.15, -0.1) is 0 Å². The maximum Gasteiger partial charge on any atom is 0.189 e. The summed E-state index contributed by atoms with van der Waals surface area (Å²) < 4.78 is 10.7. The largest absolute Gasteiger partial charge is 0.467 e. The number of ether oxygens (including phenoxy) is 2. The lowest BCUT2D eigenvalue weighted by atomic mass is 10.1. The fourth-order valence-electron chi connectivity index (χ4n) is 1.75. The summed E-state index contributed by atoms with van der Waals surface area (Å²) in [4.78, 5) is 5.09.